The number of thiocarbonyl (C=S) groups is 1. The molecule has 2 heterocycles. The zero-order chi connectivity index (χ0) is 24.6. The highest BCUT2D eigenvalue weighted by Gasteiger charge is 2.34. The van der Waals surface area contributed by atoms with Crippen LogP contribution in [-0.4, -0.2) is 21.5 Å². The Morgan fingerprint density at radius 3 is 2.35 bits per heavy atom. The maximum atomic E-state index is 13.4. The Morgan fingerprint density at radius 2 is 1.71 bits per heavy atom. The normalized spacial score (nSPS) is 15.4. The number of aryl methyl sites for hydroxylation is 2. The molecule has 2 aromatic carbocycles. The minimum Gasteiger partial charge on any atom is -0.318 e. The lowest BCUT2D eigenvalue weighted by Gasteiger charge is -2.29. The summed E-state index contributed by atoms with van der Waals surface area (Å²) in [5.41, 5.74) is 7.02. The summed E-state index contributed by atoms with van der Waals surface area (Å²) in [5.74, 6) is -0.532. The Kier molecular flexibility index (Phi) is 6.53. The van der Waals surface area contributed by atoms with Crippen LogP contribution in [0.3, 0.4) is 0 Å². The van der Waals surface area contributed by atoms with E-state index < -0.39 is 11.8 Å². The molecule has 0 aliphatic carbocycles. The van der Waals surface area contributed by atoms with Gasteiger partial charge in [-0.05, 0) is 85.4 Å². The number of nitrogens with zero attached hydrogens (tertiary/aromatic N) is 2. The Hall–Kier alpha value is -3.51. The lowest BCUT2D eigenvalue weighted by atomic mass is 10.0. The minimum atomic E-state index is -0.483. The molecule has 0 radical (unpaired) electrons. The van der Waals surface area contributed by atoms with E-state index in [9.17, 15) is 9.59 Å². The van der Waals surface area contributed by atoms with E-state index in [1.54, 1.807) is 6.08 Å². The van der Waals surface area contributed by atoms with Crippen molar-refractivity contribution in [2.24, 2.45) is 0 Å². The summed E-state index contributed by atoms with van der Waals surface area (Å²) in [6.45, 7) is 10.4. The van der Waals surface area contributed by atoms with E-state index in [2.05, 4.69) is 42.8 Å². The van der Waals surface area contributed by atoms with Crippen molar-refractivity contribution in [3.63, 3.8) is 0 Å². The molecule has 1 aliphatic rings. The molecule has 3 aromatic rings. The van der Waals surface area contributed by atoms with Crippen molar-refractivity contribution < 1.29 is 9.59 Å². The second-order valence-electron chi connectivity index (χ2n) is 8.85. The van der Waals surface area contributed by atoms with Crippen LogP contribution in [0.15, 0.2) is 60.2 Å². The molecule has 0 atom stereocenters. The van der Waals surface area contributed by atoms with Gasteiger partial charge in [0.25, 0.3) is 11.8 Å². The predicted octanol–water partition coefficient (Wildman–Crippen LogP) is 5.61. The van der Waals surface area contributed by atoms with Gasteiger partial charge >= 0.3 is 0 Å². The summed E-state index contributed by atoms with van der Waals surface area (Å²) < 4.78 is 2.17. The molecule has 2 amide bonds. The molecule has 34 heavy (non-hydrogen) atoms. The summed E-state index contributed by atoms with van der Waals surface area (Å²) in [7, 11) is 0. The number of hydrogen-bond acceptors (Lipinski definition) is 3. The van der Waals surface area contributed by atoms with Crippen LogP contribution in [0.25, 0.3) is 11.8 Å². The summed E-state index contributed by atoms with van der Waals surface area (Å²) in [4.78, 5) is 27.6. The lowest BCUT2D eigenvalue weighted by molar-refractivity contribution is -0.122. The molecule has 1 fully saturated rings. The smallest absolute Gasteiger partial charge is 0.270 e. The van der Waals surface area contributed by atoms with E-state index in [-0.39, 0.29) is 10.7 Å². The molecule has 6 heteroatoms. The number of carbonyl (C=O) groups is 2. The summed E-state index contributed by atoms with van der Waals surface area (Å²) in [6.07, 6.45) is 2.58. The zero-order valence-corrected chi connectivity index (χ0v) is 21.0. The lowest BCUT2D eigenvalue weighted by Crippen LogP contribution is -2.54. The van der Waals surface area contributed by atoms with Crippen LogP contribution in [0.4, 0.5) is 5.69 Å². The molecule has 1 N–H and O–H groups in total. The van der Waals surface area contributed by atoms with Crippen molar-refractivity contribution in [1.29, 1.82) is 0 Å². The van der Waals surface area contributed by atoms with Crippen LogP contribution < -0.4 is 10.2 Å². The van der Waals surface area contributed by atoms with Gasteiger partial charge in [-0.25, -0.2) is 0 Å². The first kappa shape index (κ1) is 23.6. The number of anilines is 1. The second-order valence-corrected chi connectivity index (χ2v) is 9.23. The number of carbonyl (C=O) groups excluding carboxylic acids is 2. The first-order valence-corrected chi connectivity index (χ1v) is 11.9. The van der Waals surface area contributed by atoms with Gasteiger partial charge in [0, 0.05) is 17.1 Å². The molecular weight excluding hydrogens is 442 g/mol. The number of rotatable bonds is 5. The number of para-hydroxylation sites is 1. The van der Waals surface area contributed by atoms with E-state index in [4.69, 9.17) is 12.2 Å². The molecule has 174 valence electrons. The van der Waals surface area contributed by atoms with Gasteiger partial charge in [-0.2, -0.15) is 0 Å². The maximum Gasteiger partial charge on any atom is 0.270 e. The van der Waals surface area contributed by atoms with Crippen LogP contribution in [0, 0.1) is 13.8 Å². The minimum absolute atomic E-state index is 0.0607. The van der Waals surface area contributed by atoms with Crippen LogP contribution in [-0.2, 0) is 16.0 Å². The predicted molar refractivity (Wildman–Crippen MR) is 141 cm³/mol. The fourth-order valence-corrected chi connectivity index (χ4v) is 4.67. The van der Waals surface area contributed by atoms with Gasteiger partial charge in [0.15, 0.2) is 5.11 Å². The molecule has 0 unspecified atom stereocenters. The number of amides is 2. The fraction of sp³-hybridized carbons (Fsp3) is 0.250. The zero-order valence-electron chi connectivity index (χ0n) is 20.2. The quantitative estimate of drug-likeness (QED) is 0.299. The molecular formula is C28H29N3O2S. The third-order valence-corrected chi connectivity index (χ3v) is 6.59. The second kappa shape index (κ2) is 9.39. The number of benzene rings is 2. The van der Waals surface area contributed by atoms with Gasteiger partial charge in [0.1, 0.15) is 5.57 Å². The van der Waals surface area contributed by atoms with Gasteiger partial charge in [-0.3, -0.25) is 19.8 Å². The number of nitrogens with one attached hydrogen (secondary N) is 1. The third kappa shape index (κ3) is 4.21. The van der Waals surface area contributed by atoms with Crippen molar-refractivity contribution >= 4 is 40.9 Å². The highest BCUT2D eigenvalue weighted by atomic mass is 32.1. The van der Waals surface area contributed by atoms with E-state index >= 15 is 0 Å². The molecule has 1 aliphatic heterocycles. The topological polar surface area (TPSA) is 54.3 Å². The van der Waals surface area contributed by atoms with E-state index in [1.165, 1.54) is 16.0 Å². The van der Waals surface area contributed by atoms with Gasteiger partial charge in [-0.1, -0.05) is 51.1 Å². The van der Waals surface area contributed by atoms with Gasteiger partial charge < -0.3 is 4.57 Å². The van der Waals surface area contributed by atoms with Gasteiger partial charge in [-0.15, -0.1) is 0 Å². The van der Waals surface area contributed by atoms with Crippen molar-refractivity contribution in [1.82, 2.24) is 9.88 Å². The van der Waals surface area contributed by atoms with Crippen LogP contribution >= 0.6 is 12.2 Å². The molecule has 0 saturated carbocycles. The van der Waals surface area contributed by atoms with Crippen molar-refractivity contribution in [3.05, 3.63) is 88.2 Å². The summed E-state index contributed by atoms with van der Waals surface area (Å²) >= 11 is 5.35. The molecule has 0 spiro atoms. The van der Waals surface area contributed by atoms with Crippen LogP contribution in [0.1, 0.15) is 54.8 Å². The average molecular weight is 472 g/mol. The van der Waals surface area contributed by atoms with E-state index in [1.807, 2.05) is 56.3 Å². The first-order valence-electron chi connectivity index (χ1n) is 11.5. The first-order chi connectivity index (χ1) is 16.2. The highest BCUT2D eigenvalue weighted by molar-refractivity contribution is 7.80. The Balaban J connectivity index is 1.75. The Labute approximate surface area is 206 Å². The van der Waals surface area contributed by atoms with Crippen LogP contribution in [0.5, 0.6) is 0 Å². The maximum absolute atomic E-state index is 13.4. The Morgan fingerprint density at radius 1 is 1.03 bits per heavy atom. The SMILES string of the molecule is CCc1ccccc1-n1c(C)cc(/C=C2\C(=O)NC(=S)N(c3ccc(C(C)C)cc3)C2=O)c1C. The largest absolute Gasteiger partial charge is 0.318 e. The van der Waals surface area contributed by atoms with Crippen molar-refractivity contribution in [2.75, 3.05) is 4.90 Å². The number of hydrogen-bond donors (Lipinski definition) is 1. The molecule has 1 aromatic heterocycles. The molecule has 5 nitrogen and oxygen atoms in total. The highest BCUT2D eigenvalue weighted by Crippen LogP contribution is 2.28. The molecule has 4 rings (SSSR count). The standard InChI is InChI=1S/C28H29N3O2S/c1-6-20-9-7-8-10-25(20)30-18(4)15-22(19(30)5)16-24-26(32)29-28(34)31(27(24)33)23-13-11-21(12-14-23)17(2)3/h7-17H,6H2,1-5H3,(H,29,32,34)/b24-16+. The van der Waals surface area contributed by atoms with E-state index in [0.717, 1.165) is 29.1 Å². The molecule has 0 bridgehead atoms. The van der Waals surface area contributed by atoms with Gasteiger partial charge in [0.2, 0.25) is 0 Å². The van der Waals surface area contributed by atoms with E-state index in [0.29, 0.717) is 11.6 Å². The van der Waals surface area contributed by atoms with Crippen LogP contribution in [0.2, 0.25) is 0 Å². The monoisotopic (exact) mass is 471 g/mol. The van der Waals surface area contributed by atoms with Crippen molar-refractivity contribution in [2.45, 2.75) is 47.0 Å². The van der Waals surface area contributed by atoms with Gasteiger partial charge in [0.05, 0.1) is 5.69 Å². The summed E-state index contributed by atoms with van der Waals surface area (Å²) in [5, 5.41) is 2.77. The third-order valence-electron chi connectivity index (χ3n) is 6.30. The number of aromatic nitrogens is 1. The van der Waals surface area contributed by atoms with Crippen molar-refractivity contribution in [3.8, 4) is 5.69 Å². The Bertz CT molecular complexity index is 1320. The molecule has 1 saturated heterocycles. The fourth-order valence-electron chi connectivity index (χ4n) is 4.39. The summed E-state index contributed by atoms with van der Waals surface area (Å²) in [6, 6.07) is 18.0. The average Bonchev–Trinajstić information content (AvgIpc) is 3.09.